The maximum Gasteiger partial charge on any atom is 0.208 e. The highest BCUT2D eigenvalue weighted by Gasteiger charge is 2.09. The number of nitrogens with zero attached hydrogens (tertiary/aromatic N) is 1. The lowest BCUT2D eigenvalue weighted by Crippen LogP contribution is -2.21. The van der Waals surface area contributed by atoms with Crippen LogP contribution in [0.25, 0.3) is 0 Å². The van der Waals surface area contributed by atoms with Crippen molar-refractivity contribution in [3.63, 3.8) is 0 Å². The molecule has 0 saturated carbocycles. The average Bonchev–Trinajstić information content (AvgIpc) is 2.86. The maximum absolute atomic E-state index is 13.0. The van der Waals surface area contributed by atoms with Crippen molar-refractivity contribution in [3.8, 4) is 0 Å². The van der Waals surface area contributed by atoms with E-state index < -0.39 is 6.10 Å². The third-order valence-corrected chi connectivity index (χ3v) is 2.80. The monoisotopic (exact) mass is 264 g/mol. The molecule has 1 atom stereocenters. The van der Waals surface area contributed by atoms with Crippen LogP contribution >= 0.6 is 0 Å². The molecule has 1 unspecified atom stereocenters. The van der Waals surface area contributed by atoms with Gasteiger partial charge in [0.05, 0.1) is 18.8 Å². The smallest absolute Gasteiger partial charge is 0.208 e. The van der Waals surface area contributed by atoms with Crippen LogP contribution in [0, 0.1) is 5.82 Å². The lowest BCUT2D eigenvalue weighted by Gasteiger charge is -2.11. The van der Waals surface area contributed by atoms with Gasteiger partial charge in [-0.2, -0.15) is 0 Å². The van der Waals surface area contributed by atoms with Crippen molar-refractivity contribution in [2.75, 3.05) is 6.54 Å². The summed E-state index contributed by atoms with van der Waals surface area (Å²) in [5, 5.41) is 12.9. The van der Waals surface area contributed by atoms with Gasteiger partial charge in [-0.3, -0.25) is 0 Å². The van der Waals surface area contributed by atoms with Crippen LogP contribution in [0.15, 0.2) is 34.9 Å². The topological polar surface area (TPSA) is 58.3 Å². The van der Waals surface area contributed by atoms with E-state index in [1.54, 1.807) is 18.3 Å². The Balaban J connectivity index is 1.82. The zero-order valence-corrected chi connectivity index (χ0v) is 10.8. The van der Waals surface area contributed by atoms with Crippen molar-refractivity contribution in [3.05, 3.63) is 53.5 Å². The Kier molecular flexibility index (Phi) is 4.65. The number of benzene rings is 1. The number of hydrogen-bond donors (Lipinski definition) is 2. The van der Waals surface area contributed by atoms with Gasteiger partial charge in [0.2, 0.25) is 5.89 Å². The van der Waals surface area contributed by atoms with Crippen LogP contribution < -0.4 is 5.32 Å². The van der Waals surface area contributed by atoms with Crippen molar-refractivity contribution in [1.82, 2.24) is 10.3 Å². The van der Waals surface area contributed by atoms with Crippen molar-refractivity contribution in [1.29, 1.82) is 0 Å². The summed E-state index contributed by atoms with van der Waals surface area (Å²) in [6.07, 6.45) is 1.75. The summed E-state index contributed by atoms with van der Waals surface area (Å²) < 4.78 is 18.4. The van der Waals surface area contributed by atoms with E-state index in [1.165, 1.54) is 12.1 Å². The van der Waals surface area contributed by atoms with E-state index in [4.69, 9.17) is 4.42 Å². The fourth-order valence-electron chi connectivity index (χ4n) is 1.74. The molecule has 5 heteroatoms. The second kappa shape index (κ2) is 6.45. The van der Waals surface area contributed by atoms with Crippen LogP contribution in [0.5, 0.6) is 0 Å². The molecule has 0 fully saturated rings. The van der Waals surface area contributed by atoms with Crippen molar-refractivity contribution in [2.24, 2.45) is 0 Å². The van der Waals surface area contributed by atoms with Gasteiger partial charge in [0, 0.05) is 13.0 Å². The van der Waals surface area contributed by atoms with Gasteiger partial charge in [-0.05, 0) is 17.7 Å². The summed E-state index contributed by atoms with van der Waals surface area (Å²) in [5.41, 5.74) is 0.550. The maximum atomic E-state index is 13.0. The molecule has 0 aliphatic carbocycles. The Hall–Kier alpha value is -1.72. The fraction of sp³-hybridized carbons (Fsp3) is 0.357. The molecule has 0 bridgehead atoms. The highest BCUT2D eigenvalue weighted by molar-refractivity contribution is 5.18. The normalized spacial score (nSPS) is 12.6. The summed E-state index contributed by atoms with van der Waals surface area (Å²) in [6, 6.07) is 5.95. The summed E-state index contributed by atoms with van der Waals surface area (Å²) in [4.78, 5) is 4.10. The van der Waals surface area contributed by atoms with Crippen molar-refractivity contribution in [2.45, 2.75) is 26.0 Å². The fourth-order valence-corrected chi connectivity index (χ4v) is 1.74. The molecule has 2 aromatic rings. The standard InChI is InChI=1S/C14H17FN2O2/c1-2-12-7-17-14(19-12)9-16-8-13(18)10-4-3-5-11(15)6-10/h3-7,13,16,18H,2,8-9H2,1H3. The van der Waals surface area contributed by atoms with Crippen molar-refractivity contribution < 1.29 is 13.9 Å². The number of aliphatic hydroxyl groups excluding tert-OH is 1. The minimum Gasteiger partial charge on any atom is -0.444 e. The van der Waals surface area contributed by atoms with E-state index in [2.05, 4.69) is 10.3 Å². The molecule has 2 N–H and O–H groups in total. The first kappa shape index (κ1) is 13.7. The molecule has 0 aliphatic heterocycles. The SMILES string of the molecule is CCc1cnc(CNCC(O)c2cccc(F)c2)o1. The molecular weight excluding hydrogens is 247 g/mol. The molecule has 0 saturated heterocycles. The van der Waals surface area contributed by atoms with E-state index in [0.717, 1.165) is 12.2 Å². The van der Waals surface area contributed by atoms with Crippen LogP contribution in [0.1, 0.15) is 30.2 Å². The van der Waals surface area contributed by atoms with E-state index >= 15 is 0 Å². The average molecular weight is 264 g/mol. The van der Waals surface area contributed by atoms with Crippen LogP contribution in [0.4, 0.5) is 4.39 Å². The lowest BCUT2D eigenvalue weighted by atomic mass is 10.1. The molecule has 102 valence electrons. The number of aromatic nitrogens is 1. The molecule has 0 radical (unpaired) electrons. The minimum absolute atomic E-state index is 0.313. The van der Waals surface area contributed by atoms with E-state index in [9.17, 15) is 9.50 Å². The zero-order chi connectivity index (χ0) is 13.7. The summed E-state index contributed by atoms with van der Waals surface area (Å²) in [5.74, 6) is 1.07. The largest absolute Gasteiger partial charge is 0.444 e. The Morgan fingerprint density at radius 2 is 2.32 bits per heavy atom. The predicted molar refractivity (Wildman–Crippen MR) is 68.9 cm³/mol. The number of aryl methyl sites for hydroxylation is 1. The first-order valence-corrected chi connectivity index (χ1v) is 6.27. The van der Waals surface area contributed by atoms with Gasteiger partial charge in [0.25, 0.3) is 0 Å². The van der Waals surface area contributed by atoms with E-state index in [1.807, 2.05) is 6.92 Å². The van der Waals surface area contributed by atoms with Gasteiger partial charge in [0.15, 0.2) is 0 Å². The van der Waals surface area contributed by atoms with Crippen molar-refractivity contribution >= 4 is 0 Å². The molecular formula is C14H17FN2O2. The molecule has 1 heterocycles. The second-order valence-corrected chi connectivity index (χ2v) is 4.28. The second-order valence-electron chi connectivity index (χ2n) is 4.28. The van der Waals surface area contributed by atoms with Gasteiger partial charge in [-0.15, -0.1) is 0 Å². The first-order chi connectivity index (χ1) is 9.19. The summed E-state index contributed by atoms with van der Waals surface area (Å²) in [6.45, 7) is 2.74. The number of halogens is 1. The van der Waals surface area contributed by atoms with Gasteiger partial charge < -0.3 is 14.8 Å². The number of oxazole rings is 1. The predicted octanol–water partition coefficient (Wildman–Crippen LogP) is 2.20. The first-order valence-electron chi connectivity index (χ1n) is 6.27. The third kappa shape index (κ3) is 3.87. The number of aliphatic hydroxyl groups is 1. The zero-order valence-electron chi connectivity index (χ0n) is 10.8. The van der Waals surface area contributed by atoms with Gasteiger partial charge in [0.1, 0.15) is 11.6 Å². The highest BCUT2D eigenvalue weighted by Crippen LogP contribution is 2.13. The molecule has 19 heavy (non-hydrogen) atoms. The highest BCUT2D eigenvalue weighted by atomic mass is 19.1. The number of nitrogens with one attached hydrogen (secondary N) is 1. The summed E-state index contributed by atoms with van der Waals surface area (Å²) in [7, 11) is 0. The quantitative estimate of drug-likeness (QED) is 0.839. The molecule has 4 nitrogen and oxygen atoms in total. The number of rotatable bonds is 6. The molecule has 0 spiro atoms. The molecule has 0 aliphatic rings. The molecule has 1 aromatic carbocycles. The van der Waals surface area contributed by atoms with Crippen LogP contribution in [-0.4, -0.2) is 16.6 Å². The molecule has 0 amide bonds. The third-order valence-electron chi connectivity index (χ3n) is 2.80. The lowest BCUT2D eigenvalue weighted by molar-refractivity contribution is 0.172. The van der Waals surface area contributed by atoms with Crippen LogP contribution in [-0.2, 0) is 13.0 Å². The Bertz CT molecular complexity index is 528. The number of hydrogen-bond acceptors (Lipinski definition) is 4. The van der Waals surface area contributed by atoms with Crippen LogP contribution in [0.2, 0.25) is 0 Å². The van der Waals surface area contributed by atoms with Gasteiger partial charge >= 0.3 is 0 Å². The molecule has 2 rings (SSSR count). The van der Waals surface area contributed by atoms with E-state index in [0.29, 0.717) is 24.5 Å². The Labute approximate surface area is 111 Å². The Morgan fingerprint density at radius 1 is 1.47 bits per heavy atom. The minimum atomic E-state index is -0.753. The van der Waals surface area contributed by atoms with Gasteiger partial charge in [-0.1, -0.05) is 19.1 Å². The Morgan fingerprint density at radius 3 is 3.00 bits per heavy atom. The summed E-state index contributed by atoms with van der Waals surface area (Å²) >= 11 is 0. The van der Waals surface area contributed by atoms with Crippen LogP contribution in [0.3, 0.4) is 0 Å². The van der Waals surface area contributed by atoms with Gasteiger partial charge in [-0.25, -0.2) is 9.37 Å². The molecule has 1 aromatic heterocycles. The van der Waals surface area contributed by atoms with E-state index in [-0.39, 0.29) is 5.82 Å².